The topological polar surface area (TPSA) is 68.5 Å². The summed E-state index contributed by atoms with van der Waals surface area (Å²) in [6.45, 7) is 11.4. The van der Waals surface area contributed by atoms with Gasteiger partial charge in [0.25, 0.3) is 0 Å². The van der Waals surface area contributed by atoms with Crippen molar-refractivity contribution in [2.75, 3.05) is 33.0 Å². The fourth-order valence-electron chi connectivity index (χ4n) is 4.59. The normalized spacial score (nSPS) is 17.8. The number of hydrogen-bond donors (Lipinski definition) is 0. The molecular weight excluding hydrogens is 452 g/mol. The van der Waals surface area contributed by atoms with E-state index < -0.39 is 0 Å². The Morgan fingerprint density at radius 1 is 1.00 bits per heavy atom. The third kappa shape index (κ3) is 4.62. The van der Waals surface area contributed by atoms with E-state index in [1.54, 1.807) is 0 Å². The van der Waals surface area contributed by atoms with Crippen molar-refractivity contribution in [2.45, 2.75) is 45.3 Å². The van der Waals surface area contributed by atoms with E-state index in [-0.39, 0.29) is 11.6 Å². The Morgan fingerprint density at radius 3 is 2.47 bits per heavy atom. The number of nitrogens with zero attached hydrogens (tertiary/aromatic N) is 6. The molecule has 0 amide bonds. The van der Waals surface area contributed by atoms with E-state index >= 15 is 0 Å². The minimum absolute atomic E-state index is 0.0363. The van der Waals surface area contributed by atoms with Crippen molar-refractivity contribution in [1.29, 1.82) is 0 Å². The summed E-state index contributed by atoms with van der Waals surface area (Å²) in [7, 11) is 0. The molecule has 1 atom stereocenters. The predicted octanol–water partition coefficient (Wildman–Crippen LogP) is 4.11. The van der Waals surface area contributed by atoms with Gasteiger partial charge in [-0.2, -0.15) is 0 Å². The predicted molar refractivity (Wildman–Crippen MR) is 130 cm³/mol. The lowest BCUT2D eigenvalue weighted by Crippen LogP contribution is -2.48. The molecule has 3 heterocycles. The number of rotatable bonds is 7. The van der Waals surface area contributed by atoms with Crippen LogP contribution in [0.15, 0.2) is 42.5 Å². The molecule has 3 aromatic rings. The molecule has 0 spiro atoms. The fraction of sp³-hybridized carbons (Fsp3) is 0.480. The third-order valence-corrected chi connectivity index (χ3v) is 7.23. The van der Waals surface area contributed by atoms with Gasteiger partial charge in [-0.3, -0.25) is 9.80 Å². The summed E-state index contributed by atoms with van der Waals surface area (Å²) in [6.07, 6.45) is 0.932. The highest BCUT2D eigenvalue weighted by Gasteiger charge is 2.34. The van der Waals surface area contributed by atoms with Gasteiger partial charge in [-0.15, -0.1) is 5.10 Å². The second kappa shape index (κ2) is 9.52. The number of benzene rings is 2. The molecule has 2 aliphatic rings. The molecule has 34 heavy (non-hydrogen) atoms. The summed E-state index contributed by atoms with van der Waals surface area (Å²) in [5.41, 5.74) is 2.21. The van der Waals surface area contributed by atoms with E-state index in [1.165, 1.54) is 5.56 Å². The Bertz CT molecular complexity index is 1120. The maximum Gasteiger partial charge on any atom is 0.231 e. The van der Waals surface area contributed by atoms with Crippen molar-refractivity contribution in [2.24, 2.45) is 0 Å². The molecule has 9 heteroatoms. The summed E-state index contributed by atoms with van der Waals surface area (Å²) < 4.78 is 13.0. The van der Waals surface area contributed by atoms with Gasteiger partial charge in [-0.1, -0.05) is 36.7 Å². The Kier molecular flexibility index (Phi) is 6.46. The zero-order valence-electron chi connectivity index (χ0n) is 19.9. The maximum absolute atomic E-state index is 6.20. The van der Waals surface area contributed by atoms with Gasteiger partial charge in [0.1, 0.15) is 0 Å². The molecule has 1 aromatic heterocycles. The first-order chi connectivity index (χ1) is 16.4. The first-order valence-corrected chi connectivity index (χ1v) is 12.2. The summed E-state index contributed by atoms with van der Waals surface area (Å²) >= 11 is 6.20. The highest BCUT2D eigenvalue weighted by molar-refractivity contribution is 6.30. The van der Waals surface area contributed by atoms with Gasteiger partial charge in [0.05, 0.1) is 11.6 Å². The maximum atomic E-state index is 6.20. The molecule has 5 rings (SSSR count). The summed E-state index contributed by atoms with van der Waals surface area (Å²) in [4.78, 5) is 4.96. The molecular formula is C25H31ClN6O2. The number of ether oxygens (including phenoxy) is 2. The summed E-state index contributed by atoms with van der Waals surface area (Å²) in [5.74, 6) is 2.54. The van der Waals surface area contributed by atoms with Crippen molar-refractivity contribution < 1.29 is 9.47 Å². The van der Waals surface area contributed by atoms with Crippen LogP contribution >= 0.6 is 11.6 Å². The van der Waals surface area contributed by atoms with Crippen LogP contribution in [0.2, 0.25) is 5.02 Å². The average molecular weight is 483 g/mol. The molecule has 1 saturated heterocycles. The SMILES string of the molecule is CCC(C)(C)n1nnnc1C(c1ccc(Cl)cc1)N1CCN(Cc2ccc3c(c2)OCO3)CC1. The van der Waals surface area contributed by atoms with Crippen LogP contribution in [-0.2, 0) is 12.1 Å². The van der Waals surface area contributed by atoms with E-state index in [0.29, 0.717) is 6.79 Å². The minimum atomic E-state index is -0.176. The standard InChI is InChI=1S/C25H31ClN6O2/c1-4-25(2,3)32-24(27-28-29-32)23(19-6-8-20(26)9-7-19)31-13-11-30(12-14-31)16-18-5-10-21-22(15-18)34-17-33-21/h5-10,15,23H,4,11-14,16-17H2,1-3H3. The van der Waals surface area contributed by atoms with Gasteiger partial charge in [-0.05, 0) is 66.1 Å². The van der Waals surface area contributed by atoms with Crippen molar-refractivity contribution in [3.8, 4) is 11.5 Å². The van der Waals surface area contributed by atoms with Gasteiger partial charge >= 0.3 is 0 Å². The van der Waals surface area contributed by atoms with Crippen LogP contribution in [0, 0.1) is 0 Å². The van der Waals surface area contributed by atoms with Crippen molar-refractivity contribution in [1.82, 2.24) is 30.0 Å². The van der Waals surface area contributed by atoms with Crippen molar-refractivity contribution in [3.63, 3.8) is 0 Å². The zero-order chi connectivity index (χ0) is 23.7. The first-order valence-electron chi connectivity index (χ1n) is 11.8. The number of halogens is 1. The summed E-state index contributed by atoms with van der Waals surface area (Å²) in [5, 5.41) is 13.7. The van der Waals surface area contributed by atoms with E-state index in [1.807, 2.05) is 22.9 Å². The Labute approximate surface area is 205 Å². The lowest BCUT2D eigenvalue weighted by atomic mass is 9.99. The number of aromatic nitrogens is 4. The number of piperazine rings is 1. The van der Waals surface area contributed by atoms with Crippen LogP contribution in [-0.4, -0.2) is 63.0 Å². The zero-order valence-corrected chi connectivity index (χ0v) is 20.7. The molecule has 0 saturated carbocycles. The van der Waals surface area contributed by atoms with Gasteiger partial charge in [0.2, 0.25) is 6.79 Å². The second-order valence-corrected chi connectivity index (χ2v) is 10.0. The molecule has 2 aromatic carbocycles. The van der Waals surface area contributed by atoms with Crippen LogP contribution in [0.3, 0.4) is 0 Å². The Hall–Kier alpha value is -2.68. The highest BCUT2D eigenvalue weighted by atomic mass is 35.5. The van der Waals surface area contributed by atoms with Crippen LogP contribution in [0.4, 0.5) is 0 Å². The molecule has 0 aliphatic carbocycles. The Balaban J connectivity index is 1.35. The lowest BCUT2D eigenvalue weighted by Gasteiger charge is -2.39. The highest BCUT2D eigenvalue weighted by Crippen LogP contribution is 2.34. The lowest BCUT2D eigenvalue weighted by molar-refractivity contribution is 0.0972. The minimum Gasteiger partial charge on any atom is -0.454 e. The van der Waals surface area contributed by atoms with Crippen LogP contribution in [0.5, 0.6) is 11.5 Å². The second-order valence-electron chi connectivity index (χ2n) is 9.57. The molecule has 8 nitrogen and oxygen atoms in total. The van der Waals surface area contributed by atoms with Gasteiger partial charge in [-0.25, -0.2) is 4.68 Å². The van der Waals surface area contributed by atoms with Crippen molar-refractivity contribution in [3.05, 3.63) is 64.4 Å². The first kappa shape index (κ1) is 23.1. The average Bonchev–Trinajstić information content (AvgIpc) is 3.51. The largest absolute Gasteiger partial charge is 0.454 e. The number of tetrazole rings is 1. The van der Waals surface area contributed by atoms with Gasteiger partial charge in [0, 0.05) is 37.7 Å². The molecule has 1 fully saturated rings. The van der Waals surface area contributed by atoms with Gasteiger partial charge in [0.15, 0.2) is 17.3 Å². The number of hydrogen-bond acceptors (Lipinski definition) is 7. The monoisotopic (exact) mass is 482 g/mol. The third-order valence-electron chi connectivity index (χ3n) is 6.98. The molecule has 0 N–H and O–H groups in total. The van der Waals surface area contributed by atoms with E-state index in [2.05, 4.69) is 70.4 Å². The fourth-order valence-corrected chi connectivity index (χ4v) is 4.72. The Morgan fingerprint density at radius 2 is 1.74 bits per heavy atom. The molecule has 180 valence electrons. The summed E-state index contributed by atoms with van der Waals surface area (Å²) in [6, 6.07) is 14.2. The van der Waals surface area contributed by atoms with Crippen LogP contribution in [0.1, 0.15) is 50.2 Å². The smallest absolute Gasteiger partial charge is 0.231 e. The molecule has 0 bridgehead atoms. The van der Waals surface area contributed by atoms with Gasteiger partial charge < -0.3 is 9.47 Å². The van der Waals surface area contributed by atoms with E-state index in [4.69, 9.17) is 21.1 Å². The number of fused-ring (bicyclic) bond motifs is 1. The quantitative estimate of drug-likeness (QED) is 0.502. The molecule has 1 unspecified atom stereocenters. The van der Waals surface area contributed by atoms with Crippen LogP contribution < -0.4 is 9.47 Å². The van der Waals surface area contributed by atoms with E-state index in [0.717, 1.165) is 67.1 Å². The molecule has 0 radical (unpaired) electrons. The van der Waals surface area contributed by atoms with Crippen molar-refractivity contribution >= 4 is 11.6 Å². The van der Waals surface area contributed by atoms with Crippen LogP contribution in [0.25, 0.3) is 0 Å². The molecule has 2 aliphatic heterocycles. The van der Waals surface area contributed by atoms with E-state index in [9.17, 15) is 0 Å².